The van der Waals surface area contributed by atoms with E-state index in [1.807, 2.05) is 12.1 Å². The Hall–Kier alpha value is -2.98. The smallest absolute Gasteiger partial charge is 0.303 e. The van der Waals surface area contributed by atoms with E-state index >= 15 is 0 Å². The molecule has 1 aliphatic heterocycles. The lowest BCUT2D eigenvalue weighted by atomic mass is 9.98. The molecule has 1 aromatic carbocycles. The lowest BCUT2D eigenvalue weighted by molar-refractivity contribution is -0.310. The highest BCUT2D eigenvalue weighted by Gasteiger charge is 2.52. The number of rotatable bonds is 17. The van der Waals surface area contributed by atoms with E-state index in [0.29, 0.717) is 0 Å². The summed E-state index contributed by atoms with van der Waals surface area (Å²) < 4.78 is 33.3. The molecule has 230 valence electrons. The number of esters is 4. The number of carbonyl (C=O) groups is 4. The van der Waals surface area contributed by atoms with Crippen LogP contribution in [0.25, 0.3) is 0 Å². The minimum atomic E-state index is -1.26. The van der Waals surface area contributed by atoms with Gasteiger partial charge in [0, 0.05) is 27.7 Å². The van der Waals surface area contributed by atoms with Crippen molar-refractivity contribution < 1.29 is 47.6 Å². The van der Waals surface area contributed by atoms with Crippen LogP contribution in [0.1, 0.15) is 97.1 Å². The number of hydrogen-bond acceptors (Lipinski definition) is 10. The highest BCUT2D eigenvalue weighted by Crippen LogP contribution is 2.30. The van der Waals surface area contributed by atoms with Crippen LogP contribution in [0.5, 0.6) is 0 Å². The molecule has 0 spiro atoms. The number of aryl methyl sites for hydroxylation is 1. The first-order valence-corrected chi connectivity index (χ1v) is 14.6. The van der Waals surface area contributed by atoms with Gasteiger partial charge in [-0.2, -0.15) is 0 Å². The van der Waals surface area contributed by atoms with Crippen LogP contribution in [0, 0.1) is 0 Å². The predicted octanol–water partition coefficient (Wildman–Crippen LogP) is 4.97. The average Bonchev–Trinajstić information content (AvgIpc) is 2.90. The zero-order valence-electron chi connectivity index (χ0n) is 25.1. The van der Waals surface area contributed by atoms with Gasteiger partial charge in [-0.15, -0.1) is 0 Å². The van der Waals surface area contributed by atoms with Crippen molar-refractivity contribution in [1.82, 2.24) is 0 Å². The molecular weight excluding hydrogens is 532 g/mol. The highest BCUT2D eigenvalue weighted by molar-refractivity contribution is 5.68. The first kappa shape index (κ1) is 34.2. The molecule has 5 atom stereocenters. The van der Waals surface area contributed by atoms with E-state index in [2.05, 4.69) is 19.1 Å². The molecule has 10 nitrogen and oxygen atoms in total. The van der Waals surface area contributed by atoms with Gasteiger partial charge in [-0.05, 0) is 24.0 Å². The molecule has 1 fully saturated rings. The minimum absolute atomic E-state index is 0.103. The van der Waals surface area contributed by atoms with Crippen LogP contribution in [0.4, 0.5) is 0 Å². The summed E-state index contributed by atoms with van der Waals surface area (Å²) in [6.45, 7) is 6.80. The van der Waals surface area contributed by atoms with E-state index < -0.39 is 54.6 Å². The van der Waals surface area contributed by atoms with Gasteiger partial charge in [0.15, 0.2) is 24.6 Å². The molecule has 0 unspecified atom stereocenters. The molecule has 0 amide bonds. The summed E-state index contributed by atoms with van der Waals surface area (Å²) in [6, 6.07) is 8.05. The van der Waals surface area contributed by atoms with Gasteiger partial charge in [-0.3, -0.25) is 19.2 Å². The predicted molar refractivity (Wildman–Crippen MR) is 150 cm³/mol. The molecule has 1 heterocycles. The van der Waals surface area contributed by atoms with E-state index in [9.17, 15) is 19.2 Å². The molecule has 0 aromatic heterocycles. The third kappa shape index (κ3) is 13.0. The Morgan fingerprint density at radius 1 is 0.659 bits per heavy atom. The Balaban J connectivity index is 2.06. The molecule has 10 heteroatoms. The van der Waals surface area contributed by atoms with E-state index in [-0.39, 0.29) is 13.2 Å². The minimum Gasteiger partial charge on any atom is -0.463 e. The highest BCUT2D eigenvalue weighted by atomic mass is 16.7. The van der Waals surface area contributed by atoms with Crippen LogP contribution in [0.2, 0.25) is 0 Å². The standard InChI is InChI=1S/C31H46O10/c1-6-7-8-9-10-11-12-13-14-25-15-17-26(18-16-25)19-37-31-30(40-24(5)35)29(39-23(4)34)28(38-22(3)33)27(41-31)20-36-21(2)32/h15-18,27-31H,6-14,19-20H2,1-5H3/t27-,28-,29+,30-,31-/m1/s1. The van der Waals surface area contributed by atoms with Crippen molar-refractivity contribution in [2.75, 3.05) is 6.61 Å². The Morgan fingerprint density at radius 3 is 1.73 bits per heavy atom. The van der Waals surface area contributed by atoms with E-state index in [1.165, 1.54) is 78.2 Å². The number of carbonyl (C=O) groups excluding carboxylic acids is 4. The molecule has 1 saturated heterocycles. The van der Waals surface area contributed by atoms with Gasteiger partial charge in [-0.1, -0.05) is 76.1 Å². The largest absolute Gasteiger partial charge is 0.463 e. The molecule has 2 rings (SSSR count). The fraction of sp³-hybridized carbons (Fsp3) is 0.677. The summed E-state index contributed by atoms with van der Waals surface area (Å²) in [5, 5.41) is 0. The van der Waals surface area contributed by atoms with E-state index in [4.69, 9.17) is 28.4 Å². The summed E-state index contributed by atoms with van der Waals surface area (Å²) in [7, 11) is 0. The van der Waals surface area contributed by atoms with Crippen molar-refractivity contribution in [2.24, 2.45) is 0 Å². The Bertz CT molecular complexity index is 960. The molecule has 41 heavy (non-hydrogen) atoms. The summed E-state index contributed by atoms with van der Waals surface area (Å²) in [5.41, 5.74) is 2.10. The third-order valence-corrected chi connectivity index (χ3v) is 6.70. The summed E-state index contributed by atoms with van der Waals surface area (Å²) in [6.07, 6.45) is 5.24. The fourth-order valence-corrected chi connectivity index (χ4v) is 4.77. The van der Waals surface area contributed by atoms with Crippen LogP contribution in [-0.2, 0) is 60.6 Å². The lowest BCUT2D eigenvalue weighted by Gasteiger charge is -2.44. The Labute approximate surface area is 243 Å². The molecule has 0 bridgehead atoms. The van der Waals surface area contributed by atoms with Crippen molar-refractivity contribution in [1.29, 1.82) is 0 Å². The van der Waals surface area contributed by atoms with Crippen LogP contribution in [0.3, 0.4) is 0 Å². The van der Waals surface area contributed by atoms with E-state index in [1.54, 1.807) is 0 Å². The maximum absolute atomic E-state index is 12.0. The maximum Gasteiger partial charge on any atom is 0.303 e. The summed E-state index contributed by atoms with van der Waals surface area (Å²) in [5.74, 6) is -2.62. The lowest BCUT2D eigenvalue weighted by Crippen LogP contribution is -2.62. The molecular formula is C31H46O10. The van der Waals surface area contributed by atoms with Crippen molar-refractivity contribution in [3.63, 3.8) is 0 Å². The fourth-order valence-electron chi connectivity index (χ4n) is 4.77. The van der Waals surface area contributed by atoms with Crippen LogP contribution >= 0.6 is 0 Å². The van der Waals surface area contributed by atoms with Gasteiger partial charge >= 0.3 is 23.9 Å². The molecule has 0 saturated carbocycles. The van der Waals surface area contributed by atoms with Gasteiger partial charge in [-0.25, -0.2) is 0 Å². The second kappa shape index (κ2) is 18.5. The topological polar surface area (TPSA) is 124 Å². The average molecular weight is 579 g/mol. The van der Waals surface area contributed by atoms with E-state index in [0.717, 1.165) is 18.4 Å². The molecule has 0 aliphatic carbocycles. The van der Waals surface area contributed by atoms with Crippen molar-refractivity contribution >= 4 is 23.9 Å². The zero-order valence-corrected chi connectivity index (χ0v) is 25.1. The zero-order chi connectivity index (χ0) is 30.2. The molecule has 0 radical (unpaired) electrons. The second-order valence-electron chi connectivity index (χ2n) is 10.4. The van der Waals surface area contributed by atoms with Crippen LogP contribution in [0.15, 0.2) is 24.3 Å². The molecule has 1 aromatic rings. The normalized spacial score (nSPS) is 22.0. The van der Waals surface area contributed by atoms with Crippen molar-refractivity contribution in [3.8, 4) is 0 Å². The first-order chi connectivity index (χ1) is 19.6. The van der Waals surface area contributed by atoms with Crippen LogP contribution in [-0.4, -0.2) is 61.2 Å². The molecule has 1 aliphatic rings. The van der Waals surface area contributed by atoms with Gasteiger partial charge in [0.05, 0.1) is 6.61 Å². The van der Waals surface area contributed by atoms with Gasteiger partial charge in [0.1, 0.15) is 12.7 Å². The van der Waals surface area contributed by atoms with Crippen molar-refractivity contribution in [2.45, 2.75) is 130 Å². The van der Waals surface area contributed by atoms with Gasteiger partial charge < -0.3 is 28.4 Å². The Morgan fingerprint density at radius 2 is 1.17 bits per heavy atom. The number of unbranched alkanes of at least 4 members (excludes halogenated alkanes) is 7. The van der Waals surface area contributed by atoms with Gasteiger partial charge in [0.25, 0.3) is 0 Å². The number of ether oxygens (including phenoxy) is 6. The SMILES string of the molecule is CCCCCCCCCCc1ccc(CO[C@@H]2O[C@H](COC(C)=O)[C@@H](OC(C)=O)[C@H](OC(C)=O)[C@H]2OC(C)=O)cc1. The van der Waals surface area contributed by atoms with Crippen molar-refractivity contribution in [3.05, 3.63) is 35.4 Å². The second-order valence-corrected chi connectivity index (χ2v) is 10.4. The number of hydrogen-bond donors (Lipinski definition) is 0. The number of benzene rings is 1. The Kier molecular flexibility index (Phi) is 15.4. The molecule has 0 N–H and O–H groups in total. The first-order valence-electron chi connectivity index (χ1n) is 14.6. The van der Waals surface area contributed by atoms with Gasteiger partial charge in [0.2, 0.25) is 0 Å². The maximum atomic E-state index is 12.0. The van der Waals surface area contributed by atoms with Crippen LogP contribution < -0.4 is 0 Å². The third-order valence-electron chi connectivity index (χ3n) is 6.70. The summed E-state index contributed by atoms with van der Waals surface area (Å²) >= 11 is 0. The monoisotopic (exact) mass is 578 g/mol. The quantitative estimate of drug-likeness (QED) is 0.142. The summed E-state index contributed by atoms with van der Waals surface area (Å²) in [4.78, 5) is 47.3.